The van der Waals surface area contributed by atoms with Crippen molar-refractivity contribution in [1.82, 2.24) is 5.32 Å². The van der Waals surface area contributed by atoms with E-state index in [0.29, 0.717) is 19.1 Å². The molecule has 1 atom stereocenters. The summed E-state index contributed by atoms with van der Waals surface area (Å²) in [5, 5.41) is 2.99. The predicted octanol–water partition coefficient (Wildman–Crippen LogP) is 3.43. The molecule has 3 nitrogen and oxygen atoms in total. The lowest BCUT2D eigenvalue weighted by atomic mass is 9.96. The first kappa shape index (κ1) is 16.5. The van der Waals surface area contributed by atoms with E-state index < -0.39 is 0 Å². The third-order valence-corrected chi connectivity index (χ3v) is 4.51. The average molecular weight is 327 g/mol. The smallest absolute Gasteiger partial charge is 0.224 e. The van der Waals surface area contributed by atoms with Gasteiger partial charge in [-0.3, -0.25) is 4.79 Å². The Balaban J connectivity index is 1.55. The van der Waals surface area contributed by atoms with Crippen molar-refractivity contribution in [3.8, 4) is 5.75 Å². The van der Waals surface area contributed by atoms with E-state index in [9.17, 15) is 9.18 Å². The van der Waals surface area contributed by atoms with E-state index >= 15 is 0 Å². The first-order valence-corrected chi connectivity index (χ1v) is 8.34. The van der Waals surface area contributed by atoms with E-state index in [1.807, 2.05) is 25.1 Å². The SMILES string of the molecule is Cc1ccc(F)cc1CC(=O)NC[C@H]1CCOc2ccccc2C1. The van der Waals surface area contributed by atoms with E-state index in [2.05, 4.69) is 11.4 Å². The van der Waals surface area contributed by atoms with Gasteiger partial charge in [-0.25, -0.2) is 4.39 Å². The highest BCUT2D eigenvalue weighted by Gasteiger charge is 2.18. The van der Waals surface area contributed by atoms with E-state index in [1.54, 1.807) is 6.07 Å². The van der Waals surface area contributed by atoms with Gasteiger partial charge in [0.15, 0.2) is 0 Å². The Kier molecular flexibility index (Phi) is 5.14. The fraction of sp³-hybridized carbons (Fsp3) is 0.350. The van der Waals surface area contributed by atoms with Gasteiger partial charge in [0.2, 0.25) is 5.91 Å². The van der Waals surface area contributed by atoms with Crippen molar-refractivity contribution in [2.75, 3.05) is 13.2 Å². The summed E-state index contributed by atoms with van der Waals surface area (Å²) in [7, 11) is 0. The number of para-hydroxylation sites is 1. The Morgan fingerprint density at radius 3 is 3.00 bits per heavy atom. The minimum absolute atomic E-state index is 0.0675. The highest BCUT2D eigenvalue weighted by Crippen LogP contribution is 2.26. The molecule has 0 unspecified atom stereocenters. The third-order valence-electron chi connectivity index (χ3n) is 4.51. The minimum atomic E-state index is -0.305. The van der Waals surface area contributed by atoms with Crippen LogP contribution in [-0.4, -0.2) is 19.1 Å². The molecule has 1 heterocycles. The number of hydrogen-bond acceptors (Lipinski definition) is 2. The van der Waals surface area contributed by atoms with Crippen LogP contribution in [0, 0.1) is 18.7 Å². The highest BCUT2D eigenvalue weighted by molar-refractivity contribution is 5.78. The summed E-state index contributed by atoms with van der Waals surface area (Å²) in [6, 6.07) is 12.6. The number of aryl methyl sites for hydroxylation is 1. The molecule has 1 aliphatic heterocycles. The predicted molar refractivity (Wildman–Crippen MR) is 91.6 cm³/mol. The first-order valence-electron chi connectivity index (χ1n) is 8.34. The van der Waals surface area contributed by atoms with E-state index in [4.69, 9.17) is 4.74 Å². The quantitative estimate of drug-likeness (QED) is 0.934. The fourth-order valence-electron chi connectivity index (χ4n) is 3.06. The van der Waals surface area contributed by atoms with Crippen molar-refractivity contribution in [3.63, 3.8) is 0 Å². The molecular formula is C20H22FNO2. The van der Waals surface area contributed by atoms with Crippen molar-refractivity contribution < 1.29 is 13.9 Å². The van der Waals surface area contributed by atoms with Crippen molar-refractivity contribution >= 4 is 5.91 Å². The molecule has 1 aliphatic rings. The van der Waals surface area contributed by atoms with Gasteiger partial charge in [0.05, 0.1) is 13.0 Å². The number of rotatable bonds is 4. The van der Waals surface area contributed by atoms with Gasteiger partial charge in [-0.1, -0.05) is 24.3 Å². The first-order chi connectivity index (χ1) is 11.6. The fourth-order valence-corrected chi connectivity index (χ4v) is 3.06. The van der Waals surface area contributed by atoms with Gasteiger partial charge in [-0.2, -0.15) is 0 Å². The lowest BCUT2D eigenvalue weighted by molar-refractivity contribution is -0.120. The number of amides is 1. The number of benzene rings is 2. The summed E-state index contributed by atoms with van der Waals surface area (Å²) in [4.78, 5) is 12.2. The molecule has 2 aromatic carbocycles. The summed E-state index contributed by atoms with van der Waals surface area (Å²) >= 11 is 0. The maximum absolute atomic E-state index is 13.3. The average Bonchev–Trinajstić information content (AvgIpc) is 2.78. The number of hydrogen-bond donors (Lipinski definition) is 1. The molecule has 0 aliphatic carbocycles. The van der Waals surface area contributed by atoms with Crippen molar-refractivity contribution in [3.05, 3.63) is 65.0 Å². The second-order valence-corrected chi connectivity index (χ2v) is 6.37. The van der Waals surface area contributed by atoms with Gasteiger partial charge in [0.25, 0.3) is 0 Å². The number of fused-ring (bicyclic) bond motifs is 1. The standard InChI is InChI=1S/C20H22FNO2/c1-14-6-7-18(21)11-17(14)12-20(23)22-13-15-8-9-24-19-5-3-2-4-16(19)10-15/h2-7,11,15H,8-10,12-13H2,1H3,(H,22,23)/t15-/m0/s1. The zero-order valence-electron chi connectivity index (χ0n) is 13.8. The molecule has 0 aromatic heterocycles. The number of nitrogens with one attached hydrogen (secondary N) is 1. The normalized spacial score (nSPS) is 16.7. The zero-order chi connectivity index (χ0) is 16.9. The molecule has 1 N–H and O–H groups in total. The Morgan fingerprint density at radius 1 is 1.29 bits per heavy atom. The molecule has 4 heteroatoms. The van der Waals surface area contributed by atoms with E-state index in [-0.39, 0.29) is 18.1 Å². The second kappa shape index (κ2) is 7.47. The molecule has 0 spiro atoms. The zero-order valence-corrected chi connectivity index (χ0v) is 13.8. The van der Waals surface area contributed by atoms with E-state index in [0.717, 1.165) is 29.7 Å². The monoisotopic (exact) mass is 327 g/mol. The Hall–Kier alpha value is -2.36. The van der Waals surface area contributed by atoms with Gasteiger partial charge < -0.3 is 10.1 Å². The Bertz CT molecular complexity index is 729. The minimum Gasteiger partial charge on any atom is -0.493 e. The molecule has 2 aromatic rings. The summed E-state index contributed by atoms with van der Waals surface area (Å²) in [5.41, 5.74) is 2.86. The van der Waals surface area contributed by atoms with Gasteiger partial charge in [-0.05, 0) is 60.6 Å². The van der Waals surface area contributed by atoms with Crippen LogP contribution in [-0.2, 0) is 17.6 Å². The summed E-state index contributed by atoms with van der Waals surface area (Å²) < 4.78 is 19.1. The van der Waals surface area contributed by atoms with Gasteiger partial charge in [0, 0.05) is 6.54 Å². The van der Waals surface area contributed by atoms with Crippen LogP contribution >= 0.6 is 0 Å². The number of carbonyl (C=O) groups is 1. The van der Waals surface area contributed by atoms with E-state index in [1.165, 1.54) is 17.7 Å². The summed E-state index contributed by atoms with van der Waals surface area (Å²) in [6.45, 7) is 3.17. The van der Waals surface area contributed by atoms with Crippen LogP contribution in [0.2, 0.25) is 0 Å². The Labute approximate surface area is 141 Å². The highest BCUT2D eigenvalue weighted by atomic mass is 19.1. The molecule has 3 rings (SSSR count). The molecule has 0 saturated heterocycles. The van der Waals surface area contributed by atoms with Crippen molar-refractivity contribution in [2.45, 2.75) is 26.2 Å². The number of carbonyl (C=O) groups excluding carboxylic acids is 1. The van der Waals surface area contributed by atoms with Gasteiger partial charge in [0.1, 0.15) is 11.6 Å². The molecule has 1 amide bonds. The lowest BCUT2D eigenvalue weighted by Crippen LogP contribution is -2.31. The molecule has 0 saturated carbocycles. The third kappa shape index (κ3) is 4.13. The second-order valence-electron chi connectivity index (χ2n) is 6.37. The van der Waals surface area contributed by atoms with Crippen LogP contribution in [0.4, 0.5) is 4.39 Å². The van der Waals surface area contributed by atoms with Crippen molar-refractivity contribution in [1.29, 1.82) is 0 Å². The maximum Gasteiger partial charge on any atom is 0.224 e. The van der Waals surface area contributed by atoms with Crippen LogP contribution in [0.25, 0.3) is 0 Å². The van der Waals surface area contributed by atoms with Crippen LogP contribution < -0.4 is 10.1 Å². The topological polar surface area (TPSA) is 38.3 Å². The van der Waals surface area contributed by atoms with Crippen molar-refractivity contribution in [2.24, 2.45) is 5.92 Å². The largest absolute Gasteiger partial charge is 0.493 e. The summed E-state index contributed by atoms with van der Waals surface area (Å²) in [6.07, 6.45) is 2.02. The van der Waals surface area contributed by atoms with Crippen LogP contribution in [0.1, 0.15) is 23.1 Å². The lowest BCUT2D eigenvalue weighted by Gasteiger charge is -2.15. The summed E-state index contributed by atoms with van der Waals surface area (Å²) in [5.74, 6) is 0.927. The Morgan fingerprint density at radius 2 is 2.12 bits per heavy atom. The van der Waals surface area contributed by atoms with Gasteiger partial charge >= 0.3 is 0 Å². The van der Waals surface area contributed by atoms with Gasteiger partial charge in [-0.15, -0.1) is 0 Å². The number of halogens is 1. The van der Waals surface area contributed by atoms with Crippen LogP contribution in [0.15, 0.2) is 42.5 Å². The molecule has 24 heavy (non-hydrogen) atoms. The molecular weight excluding hydrogens is 305 g/mol. The molecule has 0 radical (unpaired) electrons. The molecule has 0 bridgehead atoms. The number of ether oxygens (including phenoxy) is 1. The van der Waals surface area contributed by atoms with Crippen LogP contribution in [0.5, 0.6) is 5.75 Å². The molecule has 126 valence electrons. The molecule has 0 fully saturated rings. The van der Waals surface area contributed by atoms with Crippen LogP contribution in [0.3, 0.4) is 0 Å². The maximum atomic E-state index is 13.3.